The number of rotatable bonds is 7. The number of allylic oxidation sites excluding steroid dienone is 2. The fourth-order valence-electron chi connectivity index (χ4n) is 1.25. The van der Waals surface area contributed by atoms with Crippen LogP contribution in [-0.4, -0.2) is 7.12 Å². The first kappa shape index (κ1) is 13.4. The van der Waals surface area contributed by atoms with E-state index in [9.17, 15) is 0 Å². The third-order valence-corrected chi connectivity index (χ3v) is 2.14. The molecule has 0 unspecified atom stereocenters. The second kappa shape index (κ2) is 8.51. The number of benzene rings is 1. The standard InChI is InChI=1S/C14H19BO2/c1-3-5-12-16-15(17-13-6-4-2)14-10-8-7-9-11-14/h5-13H,3-4H2,1-2H3. The van der Waals surface area contributed by atoms with Gasteiger partial charge < -0.3 is 9.31 Å². The van der Waals surface area contributed by atoms with E-state index in [4.69, 9.17) is 9.31 Å². The molecule has 90 valence electrons. The molecule has 0 saturated carbocycles. The highest BCUT2D eigenvalue weighted by atomic mass is 16.6. The summed E-state index contributed by atoms with van der Waals surface area (Å²) < 4.78 is 11.1. The molecule has 0 aliphatic carbocycles. The maximum atomic E-state index is 5.56. The zero-order chi connectivity index (χ0) is 12.3. The predicted octanol–water partition coefficient (Wildman–Crippen LogP) is 3.26. The van der Waals surface area contributed by atoms with E-state index in [1.54, 1.807) is 12.5 Å². The molecule has 0 aliphatic heterocycles. The van der Waals surface area contributed by atoms with Gasteiger partial charge in [-0.05, 0) is 12.8 Å². The first-order valence-electron chi connectivity index (χ1n) is 6.04. The Balaban J connectivity index is 2.65. The molecule has 17 heavy (non-hydrogen) atoms. The summed E-state index contributed by atoms with van der Waals surface area (Å²) >= 11 is 0. The van der Waals surface area contributed by atoms with E-state index >= 15 is 0 Å². The van der Waals surface area contributed by atoms with Crippen molar-refractivity contribution in [3.63, 3.8) is 0 Å². The van der Waals surface area contributed by atoms with Crippen LogP contribution in [0.4, 0.5) is 0 Å². The van der Waals surface area contributed by atoms with Gasteiger partial charge in [0.2, 0.25) is 0 Å². The minimum Gasteiger partial charge on any atom is -0.529 e. The van der Waals surface area contributed by atoms with Gasteiger partial charge in [-0.25, -0.2) is 0 Å². The lowest BCUT2D eigenvalue weighted by atomic mass is 9.79. The van der Waals surface area contributed by atoms with Crippen LogP contribution in [0.3, 0.4) is 0 Å². The Morgan fingerprint density at radius 1 is 0.941 bits per heavy atom. The average molecular weight is 230 g/mol. The molecule has 1 aromatic rings. The molecule has 0 heterocycles. The van der Waals surface area contributed by atoms with Crippen LogP contribution in [0.25, 0.3) is 0 Å². The van der Waals surface area contributed by atoms with E-state index in [0.717, 1.165) is 18.3 Å². The smallest absolute Gasteiger partial charge is 0.529 e. The molecule has 0 N–H and O–H groups in total. The summed E-state index contributed by atoms with van der Waals surface area (Å²) in [6.45, 7) is 4.13. The lowest BCUT2D eigenvalue weighted by Crippen LogP contribution is -2.33. The van der Waals surface area contributed by atoms with Gasteiger partial charge in [0.05, 0.1) is 12.5 Å². The molecular weight excluding hydrogens is 211 g/mol. The number of hydrogen-bond acceptors (Lipinski definition) is 2. The molecule has 0 amide bonds. The minimum absolute atomic E-state index is 0.373. The van der Waals surface area contributed by atoms with Gasteiger partial charge in [-0.1, -0.05) is 56.3 Å². The van der Waals surface area contributed by atoms with Crippen LogP contribution in [0.5, 0.6) is 0 Å². The zero-order valence-corrected chi connectivity index (χ0v) is 10.5. The lowest BCUT2D eigenvalue weighted by Gasteiger charge is -2.10. The van der Waals surface area contributed by atoms with E-state index in [1.165, 1.54) is 0 Å². The molecule has 0 fully saturated rings. The van der Waals surface area contributed by atoms with E-state index in [2.05, 4.69) is 13.8 Å². The van der Waals surface area contributed by atoms with Crippen molar-refractivity contribution in [2.24, 2.45) is 0 Å². The Labute approximate surface area is 104 Å². The van der Waals surface area contributed by atoms with Gasteiger partial charge in [0.1, 0.15) is 0 Å². The Morgan fingerprint density at radius 2 is 1.47 bits per heavy atom. The number of hydrogen-bond donors (Lipinski definition) is 0. The van der Waals surface area contributed by atoms with Gasteiger partial charge in [0, 0.05) is 5.46 Å². The van der Waals surface area contributed by atoms with Crippen molar-refractivity contribution in [3.8, 4) is 0 Å². The monoisotopic (exact) mass is 230 g/mol. The van der Waals surface area contributed by atoms with Gasteiger partial charge in [0.25, 0.3) is 0 Å². The third kappa shape index (κ3) is 5.30. The molecule has 0 radical (unpaired) electrons. The zero-order valence-electron chi connectivity index (χ0n) is 10.5. The normalized spacial score (nSPS) is 10.9. The van der Waals surface area contributed by atoms with E-state index in [-0.39, 0.29) is 7.12 Å². The van der Waals surface area contributed by atoms with Crippen molar-refractivity contribution in [1.82, 2.24) is 0 Å². The molecule has 2 nitrogen and oxygen atoms in total. The average Bonchev–Trinajstić information content (AvgIpc) is 2.38. The van der Waals surface area contributed by atoms with Crippen molar-refractivity contribution in [2.75, 3.05) is 0 Å². The summed E-state index contributed by atoms with van der Waals surface area (Å²) in [6.07, 6.45) is 9.21. The largest absolute Gasteiger partial charge is 0.631 e. The third-order valence-electron chi connectivity index (χ3n) is 2.14. The second-order valence-corrected chi connectivity index (χ2v) is 3.57. The maximum Gasteiger partial charge on any atom is 0.631 e. The summed E-state index contributed by atoms with van der Waals surface area (Å²) in [5, 5.41) is 0. The lowest BCUT2D eigenvalue weighted by molar-refractivity contribution is 0.355. The summed E-state index contributed by atoms with van der Waals surface area (Å²) in [7, 11) is -0.373. The van der Waals surface area contributed by atoms with E-state index in [1.807, 2.05) is 42.5 Å². The molecule has 0 bridgehead atoms. The van der Waals surface area contributed by atoms with E-state index < -0.39 is 0 Å². The second-order valence-electron chi connectivity index (χ2n) is 3.57. The molecule has 0 atom stereocenters. The summed E-state index contributed by atoms with van der Waals surface area (Å²) in [4.78, 5) is 0. The van der Waals surface area contributed by atoms with Crippen molar-refractivity contribution in [2.45, 2.75) is 26.7 Å². The highest BCUT2D eigenvalue weighted by molar-refractivity contribution is 6.61. The van der Waals surface area contributed by atoms with Gasteiger partial charge >= 0.3 is 7.12 Å². The first-order valence-corrected chi connectivity index (χ1v) is 6.04. The van der Waals surface area contributed by atoms with Crippen molar-refractivity contribution < 1.29 is 9.31 Å². The Morgan fingerprint density at radius 3 is 1.94 bits per heavy atom. The predicted molar refractivity (Wildman–Crippen MR) is 72.9 cm³/mol. The van der Waals surface area contributed by atoms with Crippen LogP contribution in [0, 0.1) is 0 Å². The van der Waals surface area contributed by atoms with Crippen LogP contribution < -0.4 is 5.46 Å². The van der Waals surface area contributed by atoms with Crippen molar-refractivity contribution in [1.29, 1.82) is 0 Å². The highest BCUT2D eigenvalue weighted by Gasteiger charge is 2.22. The van der Waals surface area contributed by atoms with Crippen LogP contribution in [0.2, 0.25) is 0 Å². The Bertz CT molecular complexity index is 330. The van der Waals surface area contributed by atoms with Crippen LogP contribution in [0.1, 0.15) is 26.7 Å². The Hall–Kier alpha value is -1.64. The molecule has 0 aliphatic rings. The molecule has 0 spiro atoms. The molecule has 0 aromatic heterocycles. The van der Waals surface area contributed by atoms with Gasteiger partial charge in [-0.15, -0.1) is 0 Å². The van der Waals surface area contributed by atoms with E-state index in [0.29, 0.717) is 0 Å². The van der Waals surface area contributed by atoms with Gasteiger partial charge in [-0.2, -0.15) is 0 Å². The molecule has 1 aromatic carbocycles. The van der Waals surface area contributed by atoms with Crippen LogP contribution >= 0.6 is 0 Å². The minimum atomic E-state index is -0.373. The summed E-state index contributed by atoms with van der Waals surface area (Å²) in [6, 6.07) is 9.91. The quantitative estimate of drug-likeness (QED) is 0.528. The van der Waals surface area contributed by atoms with Crippen LogP contribution in [-0.2, 0) is 9.31 Å². The maximum absolute atomic E-state index is 5.56. The SMILES string of the molecule is CCC=COB(OC=CCC)c1ccccc1. The Kier molecular flexibility index (Phi) is 6.72. The van der Waals surface area contributed by atoms with Crippen molar-refractivity contribution >= 4 is 12.6 Å². The summed E-state index contributed by atoms with van der Waals surface area (Å²) in [5.74, 6) is 0. The fourth-order valence-corrected chi connectivity index (χ4v) is 1.25. The molecular formula is C14H19BO2. The molecule has 3 heteroatoms. The topological polar surface area (TPSA) is 18.5 Å². The molecule has 0 saturated heterocycles. The van der Waals surface area contributed by atoms with Gasteiger partial charge in [-0.3, -0.25) is 0 Å². The van der Waals surface area contributed by atoms with Crippen molar-refractivity contribution in [3.05, 3.63) is 55.0 Å². The molecule has 1 rings (SSSR count). The summed E-state index contributed by atoms with van der Waals surface area (Å²) in [5.41, 5.74) is 1.01. The van der Waals surface area contributed by atoms with Crippen LogP contribution in [0.15, 0.2) is 55.0 Å². The first-order chi connectivity index (χ1) is 8.38. The fraction of sp³-hybridized carbons (Fsp3) is 0.286. The van der Waals surface area contributed by atoms with Gasteiger partial charge in [0.15, 0.2) is 0 Å². The highest BCUT2D eigenvalue weighted by Crippen LogP contribution is 1.97.